The molecule has 3 N–H and O–H groups in total. The second kappa shape index (κ2) is 7.09. The van der Waals surface area contributed by atoms with Crippen LogP contribution in [0.5, 0.6) is 5.75 Å². The molecule has 0 bridgehead atoms. The highest BCUT2D eigenvalue weighted by molar-refractivity contribution is 5.80. The molecular formula is C14H21FN2O2. The van der Waals surface area contributed by atoms with Crippen LogP contribution >= 0.6 is 0 Å². The van der Waals surface area contributed by atoms with Gasteiger partial charge in [0.1, 0.15) is 0 Å². The van der Waals surface area contributed by atoms with Crippen LogP contribution in [0.25, 0.3) is 0 Å². The van der Waals surface area contributed by atoms with Gasteiger partial charge in [0.15, 0.2) is 17.7 Å². The van der Waals surface area contributed by atoms with Crippen LogP contribution in [0.1, 0.15) is 26.3 Å². The monoisotopic (exact) mass is 268 g/mol. The van der Waals surface area contributed by atoms with E-state index in [4.69, 9.17) is 10.5 Å². The van der Waals surface area contributed by atoms with E-state index >= 15 is 0 Å². The van der Waals surface area contributed by atoms with Crippen LogP contribution in [-0.2, 0) is 11.3 Å². The average Bonchev–Trinajstić information content (AvgIpc) is 2.37. The molecule has 0 aromatic heterocycles. The van der Waals surface area contributed by atoms with E-state index in [2.05, 4.69) is 5.32 Å². The molecule has 1 rings (SSSR count). The summed E-state index contributed by atoms with van der Waals surface area (Å²) in [6, 6.07) is 4.48. The number of hydrogen-bond donors (Lipinski definition) is 2. The van der Waals surface area contributed by atoms with E-state index in [0.717, 1.165) is 0 Å². The van der Waals surface area contributed by atoms with Crippen molar-refractivity contribution in [3.8, 4) is 5.75 Å². The highest BCUT2D eigenvalue weighted by Gasteiger charge is 2.16. The van der Waals surface area contributed by atoms with E-state index in [9.17, 15) is 9.18 Å². The summed E-state index contributed by atoms with van der Waals surface area (Å²) in [6.07, 6.45) is -0.739. The summed E-state index contributed by atoms with van der Waals surface area (Å²) in [4.78, 5) is 11.7. The van der Waals surface area contributed by atoms with E-state index in [0.29, 0.717) is 18.0 Å². The van der Waals surface area contributed by atoms with Crippen molar-refractivity contribution < 1.29 is 13.9 Å². The molecule has 4 nitrogen and oxygen atoms in total. The molecule has 0 radical (unpaired) electrons. The van der Waals surface area contributed by atoms with Gasteiger partial charge >= 0.3 is 0 Å². The van der Waals surface area contributed by atoms with Gasteiger partial charge in [-0.05, 0) is 30.5 Å². The molecule has 0 spiro atoms. The molecule has 1 aromatic rings. The molecule has 1 atom stereocenters. The maximum atomic E-state index is 13.7. The summed E-state index contributed by atoms with van der Waals surface area (Å²) in [5, 5.41) is 2.74. The van der Waals surface area contributed by atoms with Crippen molar-refractivity contribution in [1.29, 1.82) is 0 Å². The minimum absolute atomic E-state index is 0.0596. The predicted molar refractivity (Wildman–Crippen MR) is 72.2 cm³/mol. The Labute approximate surface area is 113 Å². The Morgan fingerprint density at radius 2 is 2.11 bits per heavy atom. The maximum absolute atomic E-state index is 13.7. The Morgan fingerprint density at radius 3 is 2.63 bits per heavy atom. The third-order valence-corrected chi connectivity index (χ3v) is 2.59. The molecule has 0 heterocycles. The molecule has 0 aliphatic rings. The zero-order valence-corrected chi connectivity index (χ0v) is 11.6. The SMILES string of the molecule is CC(C)CNC(=O)C(C)Oc1ccc(CN)cc1F. The number of rotatable bonds is 6. The van der Waals surface area contributed by atoms with Gasteiger partial charge in [-0.25, -0.2) is 4.39 Å². The highest BCUT2D eigenvalue weighted by atomic mass is 19.1. The minimum atomic E-state index is -0.739. The zero-order valence-electron chi connectivity index (χ0n) is 11.6. The van der Waals surface area contributed by atoms with Gasteiger partial charge in [0.05, 0.1) is 0 Å². The van der Waals surface area contributed by atoms with Crippen molar-refractivity contribution in [3.05, 3.63) is 29.6 Å². The van der Waals surface area contributed by atoms with Gasteiger partial charge in [0.2, 0.25) is 0 Å². The highest BCUT2D eigenvalue weighted by Crippen LogP contribution is 2.19. The van der Waals surface area contributed by atoms with E-state index in [1.54, 1.807) is 13.0 Å². The maximum Gasteiger partial charge on any atom is 0.260 e. The Kier molecular flexibility index (Phi) is 5.76. The van der Waals surface area contributed by atoms with E-state index < -0.39 is 11.9 Å². The number of ether oxygens (including phenoxy) is 1. The predicted octanol–water partition coefficient (Wildman–Crippen LogP) is 1.82. The fourth-order valence-corrected chi connectivity index (χ4v) is 1.46. The van der Waals surface area contributed by atoms with Crippen LogP contribution in [0.15, 0.2) is 18.2 Å². The van der Waals surface area contributed by atoms with E-state index in [1.165, 1.54) is 12.1 Å². The van der Waals surface area contributed by atoms with Crippen LogP contribution in [0, 0.1) is 11.7 Å². The van der Waals surface area contributed by atoms with Gasteiger partial charge < -0.3 is 15.8 Å². The molecule has 0 fully saturated rings. The lowest BCUT2D eigenvalue weighted by Crippen LogP contribution is -2.38. The lowest BCUT2D eigenvalue weighted by Gasteiger charge is -2.16. The summed E-state index contributed by atoms with van der Waals surface area (Å²) >= 11 is 0. The normalized spacial score (nSPS) is 12.3. The Balaban J connectivity index is 2.61. The van der Waals surface area contributed by atoms with Crippen LogP contribution in [0.3, 0.4) is 0 Å². The van der Waals surface area contributed by atoms with Gasteiger partial charge in [0, 0.05) is 13.1 Å². The third kappa shape index (κ3) is 4.87. The Hall–Kier alpha value is -1.62. The molecule has 0 saturated heterocycles. The van der Waals surface area contributed by atoms with Crippen molar-refractivity contribution in [2.75, 3.05) is 6.54 Å². The van der Waals surface area contributed by atoms with Crippen LogP contribution in [-0.4, -0.2) is 18.6 Å². The molecule has 0 aliphatic carbocycles. The number of amides is 1. The first kappa shape index (κ1) is 15.4. The number of nitrogens with one attached hydrogen (secondary N) is 1. The van der Waals surface area contributed by atoms with Crippen LogP contribution in [0.2, 0.25) is 0 Å². The smallest absolute Gasteiger partial charge is 0.260 e. The van der Waals surface area contributed by atoms with Gasteiger partial charge in [0.25, 0.3) is 5.91 Å². The first-order valence-electron chi connectivity index (χ1n) is 6.37. The first-order valence-corrected chi connectivity index (χ1v) is 6.37. The molecule has 19 heavy (non-hydrogen) atoms. The van der Waals surface area contributed by atoms with Gasteiger partial charge in [-0.3, -0.25) is 4.79 Å². The van der Waals surface area contributed by atoms with Crippen molar-refractivity contribution >= 4 is 5.91 Å². The van der Waals surface area contributed by atoms with Gasteiger partial charge in [-0.15, -0.1) is 0 Å². The molecule has 1 amide bonds. The molecule has 5 heteroatoms. The Bertz CT molecular complexity index is 435. The second-order valence-electron chi connectivity index (χ2n) is 4.87. The molecular weight excluding hydrogens is 247 g/mol. The summed E-state index contributed by atoms with van der Waals surface area (Å²) in [7, 11) is 0. The second-order valence-corrected chi connectivity index (χ2v) is 4.87. The number of halogens is 1. The summed E-state index contributed by atoms with van der Waals surface area (Å²) in [5.41, 5.74) is 6.10. The van der Waals surface area contributed by atoms with E-state index in [1.807, 2.05) is 13.8 Å². The molecule has 1 aromatic carbocycles. The largest absolute Gasteiger partial charge is 0.478 e. The van der Waals surface area contributed by atoms with Crippen molar-refractivity contribution in [3.63, 3.8) is 0 Å². The van der Waals surface area contributed by atoms with Crippen molar-refractivity contribution in [2.24, 2.45) is 11.7 Å². The summed E-state index contributed by atoms with van der Waals surface area (Å²) < 4.78 is 19.0. The zero-order chi connectivity index (χ0) is 14.4. The number of carbonyl (C=O) groups is 1. The number of nitrogens with two attached hydrogens (primary N) is 1. The minimum Gasteiger partial charge on any atom is -0.478 e. The van der Waals surface area contributed by atoms with Crippen molar-refractivity contribution in [2.45, 2.75) is 33.4 Å². The van der Waals surface area contributed by atoms with Crippen LogP contribution < -0.4 is 15.8 Å². The molecule has 1 unspecified atom stereocenters. The standard InChI is InChI=1S/C14H21FN2O2/c1-9(2)8-17-14(18)10(3)19-13-5-4-11(7-16)6-12(13)15/h4-6,9-10H,7-8,16H2,1-3H3,(H,17,18). The lowest BCUT2D eigenvalue weighted by molar-refractivity contribution is -0.127. The summed E-state index contributed by atoms with van der Waals surface area (Å²) in [5.74, 6) is -0.344. The quantitative estimate of drug-likeness (QED) is 0.827. The Morgan fingerprint density at radius 1 is 1.42 bits per heavy atom. The first-order chi connectivity index (χ1) is 8.93. The number of benzene rings is 1. The number of carbonyl (C=O) groups excluding carboxylic acids is 1. The van der Waals surface area contributed by atoms with Gasteiger partial charge in [-0.2, -0.15) is 0 Å². The number of hydrogen-bond acceptors (Lipinski definition) is 3. The average molecular weight is 268 g/mol. The fraction of sp³-hybridized carbons (Fsp3) is 0.500. The van der Waals surface area contributed by atoms with Gasteiger partial charge in [-0.1, -0.05) is 19.9 Å². The van der Waals surface area contributed by atoms with E-state index in [-0.39, 0.29) is 18.2 Å². The van der Waals surface area contributed by atoms with Crippen LogP contribution in [0.4, 0.5) is 4.39 Å². The summed E-state index contributed by atoms with van der Waals surface area (Å²) in [6.45, 7) is 6.42. The molecule has 106 valence electrons. The fourth-order valence-electron chi connectivity index (χ4n) is 1.46. The molecule has 0 aliphatic heterocycles. The topological polar surface area (TPSA) is 64.3 Å². The van der Waals surface area contributed by atoms with Crippen molar-refractivity contribution in [1.82, 2.24) is 5.32 Å². The third-order valence-electron chi connectivity index (χ3n) is 2.59. The lowest BCUT2D eigenvalue weighted by atomic mass is 10.2. The molecule has 0 saturated carbocycles.